The lowest BCUT2D eigenvalue weighted by molar-refractivity contribution is 0.669. The van der Waals surface area contributed by atoms with Crippen LogP contribution in [0.5, 0.6) is 0 Å². The lowest BCUT2D eigenvalue weighted by atomic mass is 9.67. The zero-order valence-corrected chi connectivity index (χ0v) is 24.4. The number of hydrogen-bond donors (Lipinski definition) is 0. The summed E-state index contributed by atoms with van der Waals surface area (Å²) in [6.45, 7) is 2.20. The van der Waals surface area contributed by atoms with Crippen molar-refractivity contribution in [3.05, 3.63) is 172 Å². The number of allylic oxidation sites excluding steroid dienone is 9. The first-order chi connectivity index (χ1) is 21.2. The molecule has 0 fully saturated rings. The molecule has 8 rings (SSSR count). The van der Waals surface area contributed by atoms with Gasteiger partial charge in [0.1, 0.15) is 0 Å². The van der Waals surface area contributed by atoms with Crippen LogP contribution in [0.15, 0.2) is 139 Å². The van der Waals surface area contributed by atoms with Crippen LogP contribution in [-0.4, -0.2) is 9.97 Å². The topological polar surface area (TPSA) is 25.8 Å². The number of fused-ring (bicyclic) bond motifs is 3. The van der Waals surface area contributed by atoms with E-state index in [1.807, 2.05) is 24.8 Å². The molecule has 208 valence electrons. The van der Waals surface area contributed by atoms with Crippen LogP contribution in [0.4, 0.5) is 0 Å². The van der Waals surface area contributed by atoms with E-state index >= 15 is 0 Å². The SMILES string of the molecule is Cc1ccc2c(c1)C=C(C1=c3ccccc3=C(C3=CC=CC(c4cncc(-c5ccncc5)c4)C3)C3C=CC=CC13)CC2. The molecule has 0 saturated heterocycles. The molecule has 0 spiro atoms. The average Bonchev–Trinajstić information content (AvgIpc) is 3.07. The predicted molar refractivity (Wildman–Crippen MR) is 177 cm³/mol. The summed E-state index contributed by atoms with van der Waals surface area (Å²) in [5.41, 5.74) is 13.6. The average molecular weight is 555 g/mol. The fourth-order valence-corrected chi connectivity index (χ4v) is 7.53. The van der Waals surface area contributed by atoms with Crippen molar-refractivity contribution in [3.63, 3.8) is 0 Å². The minimum atomic E-state index is 0.279. The van der Waals surface area contributed by atoms with Gasteiger partial charge < -0.3 is 0 Å². The van der Waals surface area contributed by atoms with E-state index in [0.29, 0.717) is 11.8 Å². The molecule has 4 aromatic rings. The van der Waals surface area contributed by atoms with E-state index in [-0.39, 0.29) is 5.92 Å². The van der Waals surface area contributed by atoms with Gasteiger partial charge in [-0.2, -0.15) is 0 Å². The molecule has 0 bridgehead atoms. The zero-order chi connectivity index (χ0) is 28.8. The number of pyridine rings is 2. The molecule has 0 saturated carbocycles. The minimum Gasteiger partial charge on any atom is -0.265 e. The van der Waals surface area contributed by atoms with E-state index in [2.05, 4.69) is 126 Å². The van der Waals surface area contributed by atoms with Crippen LogP contribution >= 0.6 is 0 Å². The zero-order valence-electron chi connectivity index (χ0n) is 24.4. The normalized spacial score (nSPS) is 21.9. The van der Waals surface area contributed by atoms with Crippen LogP contribution < -0.4 is 10.4 Å². The highest BCUT2D eigenvalue weighted by atomic mass is 14.6. The van der Waals surface area contributed by atoms with E-state index in [4.69, 9.17) is 0 Å². The largest absolute Gasteiger partial charge is 0.265 e. The van der Waals surface area contributed by atoms with Crippen LogP contribution in [0.1, 0.15) is 41.0 Å². The standard InChI is InChI=1S/C41H34N2/c1-27-13-14-28-15-16-32(23-33(28)21-27)41-38-11-4-2-9-36(38)40(37-10-3-5-12-39(37)41)31-8-6-7-30(22-31)35-24-34(25-43-26-35)29-17-19-42-20-18-29/h2-14,17-21,23-26,30,36,38H,15-16,22H2,1H3. The fourth-order valence-electron chi connectivity index (χ4n) is 7.53. The second kappa shape index (κ2) is 10.8. The monoisotopic (exact) mass is 554 g/mol. The Bertz CT molecular complexity index is 2020. The molecule has 43 heavy (non-hydrogen) atoms. The molecule has 4 aliphatic carbocycles. The van der Waals surface area contributed by atoms with Gasteiger partial charge in [0.25, 0.3) is 0 Å². The van der Waals surface area contributed by atoms with Crippen LogP contribution in [0, 0.1) is 18.8 Å². The van der Waals surface area contributed by atoms with Crippen molar-refractivity contribution < 1.29 is 0 Å². The molecule has 4 aliphatic rings. The molecule has 0 aliphatic heterocycles. The van der Waals surface area contributed by atoms with Gasteiger partial charge in [-0.15, -0.1) is 0 Å². The number of benzene rings is 2. The summed E-state index contributed by atoms with van der Waals surface area (Å²) in [6.07, 6.45) is 29.7. The summed E-state index contributed by atoms with van der Waals surface area (Å²) in [7, 11) is 0. The third-order valence-electron chi connectivity index (χ3n) is 9.58. The molecule has 2 nitrogen and oxygen atoms in total. The Labute approximate surface area is 253 Å². The van der Waals surface area contributed by atoms with Crippen LogP contribution in [-0.2, 0) is 6.42 Å². The van der Waals surface area contributed by atoms with Crippen molar-refractivity contribution in [2.24, 2.45) is 11.8 Å². The molecule has 0 radical (unpaired) electrons. The third kappa shape index (κ3) is 4.68. The van der Waals surface area contributed by atoms with Crippen LogP contribution in [0.3, 0.4) is 0 Å². The van der Waals surface area contributed by atoms with Gasteiger partial charge >= 0.3 is 0 Å². The van der Waals surface area contributed by atoms with Gasteiger partial charge in [-0.25, -0.2) is 0 Å². The van der Waals surface area contributed by atoms with E-state index in [1.54, 1.807) is 0 Å². The smallest absolute Gasteiger partial charge is 0.0346 e. The number of nitrogens with zero attached hydrogens (tertiary/aromatic N) is 2. The van der Waals surface area contributed by atoms with Gasteiger partial charge in [0, 0.05) is 48.1 Å². The van der Waals surface area contributed by atoms with Gasteiger partial charge in [-0.1, -0.05) is 96.6 Å². The van der Waals surface area contributed by atoms with Gasteiger partial charge in [-0.05, 0) is 99.4 Å². The highest BCUT2D eigenvalue weighted by Gasteiger charge is 2.34. The first-order valence-electron chi connectivity index (χ1n) is 15.4. The Kier molecular flexibility index (Phi) is 6.48. The maximum absolute atomic E-state index is 4.65. The fraction of sp³-hybridized carbons (Fsp3) is 0.171. The van der Waals surface area contributed by atoms with Gasteiger partial charge in [0.05, 0.1) is 0 Å². The van der Waals surface area contributed by atoms with Crippen molar-refractivity contribution >= 4 is 17.2 Å². The van der Waals surface area contributed by atoms with Crippen LogP contribution in [0.2, 0.25) is 0 Å². The number of rotatable bonds is 4. The lowest BCUT2D eigenvalue weighted by Gasteiger charge is -2.36. The first kappa shape index (κ1) is 25.9. The number of aromatic nitrogens is 2. The van der Waals surface area contributed by atoms with Crippen LogP contribution in [0.25, 0.3) is 28.3 Å². The number of hydrogen-bond acceptors (Lipinski definition) is 2. The van der Waals surface area contributed by atoms with Crippen molar-refractivity contribution in [3.8, 4) is 11.1 Å². The van der Waals surface area contributed by atoms with E-state index in [1.165, 1.54) is 55.0 Å². The highest BCUT2D eigenvalue weighted by Crippen LogP contribution is 2.45. The molecule has 0 amide bonds. The Balaban J connectivity index is 1.25. The maximum atomic E-state index is 4.65. The Hall–Kier alpha value is -4.82. The molecule has 0 N–H and O–H groups in total. The molecule has 2 aromatic carbocycles. The minimum absolute atomic E-state index is 0.279. The second-order valence-electron chi connectivity index (χ2n) is 12.2. The molecule has 2 heterocycles. The summed E-state index contributed by atoms with van der Waals surface area (Å²) < 4.78 is 0. The highest BCUT2D eigenvalue weighted by molar-refractivity contribution is 5.85. The molecule has 3 atom stereocenters. The summed E-state index contributed by atoms with van der Waals surface area (Å²) in [6, 6.07) is 22.5. The van der Waals surface area contributed by atoms with Gasteiger partial charge in [0.15, 0.2) is 0 Å². The first-order valence-corrected chi connectivity index (χ1v) is 15.4. The quantitative estimate of drug-likeness (QED) is 0.257. The van der Waals surface area contributed by atoms with Crippen molar-refractivity contribution in [1.82, 2.24) is 9.97 Å². The van der Waals surface area contributed by atoms with E-state index in [9.17, 15) is 0 Å². The Morgan fingerprint density at radius 1 is 0.674 bits per heavy atom. The lowest BCUT2D eigenvalue weighted by Crippen LogP contribution is -2.41. The van der Waals surface area contributed by atoms with Crippen molar-refractivity contribution in [2.75, 3.05) is 0 Å². The second-order valence-corrected chi connectivity index (χ2v) is 12.2. The summed E-state index contributed by atoms with van der Waals surface area (Å²) >= 11 is 0. The van der Waals surface area contributed by atoms with Gasteiger partial charge in [-0.3, -0.25) is 9.97 Å². The predicted octanol–water partition coefficient (Wildman–Crippen LogP) is 7.83. The maximum Gasteiger partial charge on any atom is 0.0346 e. The molecule has 2 aromatic heterocycles. The molecular formula is C41H34N2. The van der Waals surface area contributed by atoms with E-state index in [0.717, 1.165) is 30.4 Å². The third-order valence-corrected chi connectivity index (χ3v) is 9.58. The molecule has 3 unspecified atom stereocenters. The molecule has 2 heteroatoms. The van der Waals surface area contributed by atoms with Crippen molar-refractivity contribution in [1.29, 1.82) is 0 Å². The summed E-state index contributed by atoms with van der Waals surface area (Å²) in [5.74, 6) is 0.922. The summed E-state index contributed by atoms with van der Waals surface area (Å²) in [4.78, 5) is 8.84. The van der Waals surface area contributed by atoms with E-state index < -0.39 is 0 Å². The number of aryl methyl sites for hydroxylation is 2. The Morgan fingerprint density at radius 3 is 2.23 bits per heavy atom. The van der Waals surface area contributed by atoms with Gasteiger partial charge in [0.2, 0.25) is 0 Å². The Morgan fingerprint density at radius 2 is 1.44 bits per heavy atom. The summed E-state index contributed by atoms with van der Waals surface area (Å²) in [5, 5.41) is 2.79. The molecular weight excluding hydrogens is 520 g/mol. The van der Waals surface area contributed by atoms with Crippen molar-refractivity contribution in [2.45, 2.75) is 32.1 Å².